The van der Waals surface area contributed by atoms with E-state index in [0.29, 0.717) is 5.76 Å². The first-order valence-corrected chi connectivity index (χ1v) is 3.65. The Morgan fingerprint density at radius 2 is 2.31 bits per heavy atom. The largest absolute Gasteiger partial charge is 0.518 e. The zero-order valence-electron chi connectivity index (χ0n) is 6.52. The fourth-order valence-electron chi connectivity index (χ4n) is 1.05. The van der Waals surface area contributed by atoms with Crippen molar-refractivity contribution in [3.8, 4) is 0 Å². The van der Waals surface area contributed by atoms with E-state index in [4.69, 9.17) is 4.74 Å². The molecule has 13 heavy (non-hydrogen) atoms. The standard InChI is InChI=1S/C7H6O6/c8-6-10-2-4(12-6)1-5-3-11-7(9)13-5/h2,5H,1,3H2. The summed E-state index contributed by atoms with van der Waals surface area (Å²) in [5.74, 6) is -0.423. The highest BCUT2D eigenvalue weighted by Gasteiger charge is 2.26. The van der Waals surface area contributed by atoms with Crippen molar-refractivity contribution >= 4 is 6.16 Å². The van der Waals surface area contributed by atoms with Crippen LogP contribution in [-0.4, -0.2) is 18.9 Å². The molecule has 0 radical (unpaired) electrons. The van der Waals surface area contributed by atoms with Gasteiger partial charge < -0.3 is 18.3 Å². The molecule has 0 saturated carbocycles. The number of cyclic esters (lactones) is 2. The van der Waals surface area contributed by atoms with Gasteiger partial charge in [0, 0.05) is 6.42 Å². The van der Waals surface area contributed by atoms with E-state index in [1.165, 1.54) is 6.26 Å². The molecule has 1 atom stereocenters. The van der Waals surface area contributed by atoms with Gasteiger partial charge in [0.15, 0.2) is 5.76 Å². The molecule has 1 aliphatic heterocycles. The van der Waals surface area contributed by atoms with Gasteiger partial charge in [-0.15, -0.1) is 0 Å². The van der Waals surface area contributed by atoms with E-state index in [-0.39, 0.29) is 13.0 Å². The highest BCUT2D eigenvalue weighted by atomic mass is 16.8. The maximum atomic E-state index is 10.5. The maximum absolute atomic E-state index is 10.5. The second kappa shape index (κ2) is 2.96. The predicted octanol–water partition coefficient (Wildman–Crippen LogP) is 0.311. The lowest BCUT2D eigenvalue weighted by Crippen LogP contribution is -2.12. The van der Waals surface area contributed by atoms with Crippen molar-refractivity contribution in [2.45, 2.75) is 12.5 Å². The van der Waals surface area contributed by atoms with Crippen LogP contribution in [0.2, 0.25) is 0 Å². The van der Waals surface area contributed by atoms with E-state index in [2.05, 4.69) is 13.6 Å². The molecule has 0 aromatic carbocycles. The number of carbonyl (C=O) groups is 1. The molecule has 0 aliphatic carbocycles. The molecular formula is C7H6O6. The zero-order valence-corrected chi connectivity index (χ0v) is 6.52. The SMILES string of the molecule is O=C1OCC(Cc2coc(=O)o2)O1. The number of hydrogen-bond donors (Lipinski definition) is 0. The summed E-state index contributed by atoms with van der Waals surface area (Å²) in [5.41, 5.74) is 0. The van der Waals surface area contributed by atoms with Crippen LogP contribution in [0.1, 0.15) is 5.76 Å². The van der Waals surface area contributed by atoms with Crippen LogP contribution in [0.4, 0.5) is 4.79 Å². The third kappa shape index (κ3) is 1.71. The van der Waals surface area contributed by atoms with Gasteiger partial charge in [0.25, 0.3) is 0 Å². The summed E-state index contributed by atoms with van der Waals surface area (Å²) in [6.45, 7) is 0.174. The Morgan fingerprint density at radius 1 is 1.46 bits per heavy atom. The lowest BCUT2D eigenvalue weighted by Gasteiger charge is -2.00. The van der Waals surface area contributed by atoms with Gasteiger partial charge in [-0.05, 0) is 0 Å². The summed E-state index contributed by atoms with van der Waals surface area (Å²) in [7, 11) is 0. The average Bonchev–Trinajstić information content (AvgIpc) is 2.62. The van der Waals surface area contributed by atoms with Crippen molar-refractivity contribution in [2.24, 2.45) is 0 Å². The summed E-state index contributed by atoms with van der Waals surface area (Å²) >= 11 is 0. The van der Waals surface area contributed by atoms with Crippen LogP contribution in [0.3, 0.4) is 0 Å². The molecule has 2 heterocycles. The normalized spacial score (nSPS) is 21.2. The van der Waals surface area contributed by atoms with Crippen molar-refractivity contribution in [2.75, 3.05) is 6.61 Å². The van der Waals surface area contributed by atoms with Crippen molar-refractivity contribution in [3.05, 3.63) is 22.6 Å². The second-order valence-electron chi connectivity index (χ2n) is 2.56. The lowest BCUT2D eigenvalue weighted by atomic mass is 10.2. The van der Waals surface area contributed by atoms with Gasteiger partial charge in [-0.2, -0.15) is 0 Å². The molecule has 1 aromatic heterocycles. The van der Waals surface area contributed by atoms with Crippen LogP contribution in [0.25, 0.3) is 0 Å². The van der Waals surface area contributed by atoms with Crippen molar-refractivity contribution in [3.63, 3.8) is 0 Å². The first kappa shape index (κ1) is 7.90. The maximum Gasteiger partial charge on any atom is 0.518 e. The minimum absolute atomic E-state index is 0.174. The monoisotopic (exact) mass is 186 g/mol. The molecule has 1 aliphatic rings. The smallest absolute Gasteiger partial charge is 0.430 e. The third-order valence-electron chi connectivity index (χ3n) is 1.58. The van der Waals surface area contributed by atoms with Crippen molar-refractivity contribution in [1.82, 2.24) is 0 Å². The summed E-state index contributed by atoms with van der Waals surface area (Å²) in [4.78, 5) is 20.9. The third-order valence-corrected chi connectivity index (χ3v) is 1.58. The molecule has 0 amide bonds. The van der Waals surface area contributed by atoms with Crippen molar-refractivity contribution in [1.29, 1.82) is 0 Å². The van der Waals surface area contributed by atoms with Gasteiger partial charge in [-0.25, -0.2) is 9.59 Å². The Labute approximate surface area is 72.0 Å². The predicted molar refractivity (Wildman–Crippen MR) is 37.2 cm³/mol. The van der Waals surface area contributed by atoms with E-state index in [0.717, 1.165) is 0 Å². The van der Waals surface area contributed by atoms with Gasteiger partial charge in [-0.1, -0.05) is 0 Å². The van der Waals surface area contributed by atoms with Gasteiger partial charge >= 0.3 is 12.0 Å². The molecule has 0 N–H and O–H groups in total. The molecule has 6 heteroatoms. The molecule has 1 fully saturated rings. The second-order valence-corrected chi connectivity index (χ2v) is 2.56. The summed E-state index contributed by atoms with van der Waals surface area (Å²) in [6, 6.07) is 0. The molecule has 70 valence electrons. The topological polar surface area (TPSA) is 78.9 Å². The first-order chi connectivity index (χ1) is 6.24. The molecular weight excluding hydrogens is 180 g/mol. The average molecular weight is 186 g/mol. The minimum atomic E-state index is -0.764. The fourth-order valence-corrected chi connectivity index (χ4v) is 1.05. The highest BCUT2D eigenvalue weighted by Crippen LogP contribution is 2.11. The van der Waals surface area contributed by atoms with Crippen LogP contribution >= 0.6 is 0 Å². The summed E-state index contributed by atoms with van der Waals surface area (Å²) in [6.07, 6.45) is 0.385. The fraction of sp³-hybridized carbons (Fsp3) is 0.429. The molecule has 6 nitrogen and oxygen atoms in total. The Kier molecular flexibility index (Phi) is 1.80. The van der Waals surface area contributed by atoms with E-state index in [9.17, 15) is 9.59 Å². The number of rotatable bonds is 2. The van der Waals surface area contributed by atoms with Crippen LogP contribution in [0.5, 0.6) is 0 Å². The quantitative estimate of drug-likeness (QED) is 0.618. The van der Waals surface area contributed by atoms with E-state index < -0.39 is 18.1 Å². The van der Waals surface area contributed by atoms with Gasteiger partial charge in [0.2, 0.25) is 0 Å². The summed E-state index contributed by atoms with van der Waals surface area (Å²) in [5, 5.41) is 0. The molecule has 1 aromatic rings. The Bertz CT molecular complexity index is 361. The molecule has 1 saturated heterocycles. The lowest BCUT2D eigenvalue weighted by molar-refractivity contribution is 0.117. The van der Waals surface area contributed by atoms with E-state index in [1.54, 1.807) is 0 Å². The minimum Gasteiger partial charge on any atom is -0.430 e. The van der Waals surface area contributed by atoms with Crippen LogP contribution in [0, 0.1) is 0 Å². The van der Waals surface area contributed by atoms with Crippen LogP contribution in [-0.2, 0) is 15.9 Å². The van der Waals surface area contributed by atoms with Gasteiger partial charge in [0.1, 0.15) is 19.0 Å². The highest BCUT2D eigenvalue weighted by molar-refractivity contribution is 5.61. The van der Waals surface area contributed by atoms with Crippen LogP contribution in [0.15, 0.2) is 19.9 Å². The number of carbonyl (C=O) groups excluding carboxylic acids is 1. The van der Waals surface area contributed by atoms with E-state index >= 15 is 0 Å². The number of ether oxygens (including phenoxy) is 2. The first-order valence-electron chi connectivity index (χ1n) is 3.65. The van der Waals surface area contributed by atoms with E-state index in [1.807, 2.05) is 0 Å². The van der Waals surface area contributed by atoms with Gasteiger partial charge in [-0.3, -0.25) is 0 Å². The Balaban J connectivity index is 1.99. The summed E-state index contributed by atoms with van der Waals surface area (Å²) < 4.78 is 18.3. The molecule has 1 unspecified atom stereocenters. The molecule has 0 bridgehead atoms. The zero-order chi connectivity index (χ0) is 9.26. The Hall–Kier alpha value is -1.72. The molecule has 0 spiro atoms. The van der Waals surface area contributed by atoms with Crippen LogP contribution < -0.4 is 5.82 Å². The number of hydrogen-bond acceptors (Lipinski definition) is 6. The van der Waals surface area contributed by atoms with Crippen molar-refractivity contribution < 1.29 is 23.1 Å². The Morgan fingerprint density at radius 3 is 2.85 bits per heavy atom. The van der Waals surface area contributed by atoms with Gasteiger partial charge in [0.05, 0.1) is 0 Å². The molecule has 2 rings (SSSR count).